The highest BCUT2D eigenvalue weighted by Gasteiger charge is 2.27. The lowest BCUT2D eigenvalue weighted by atomic mass is 10.2. The molecule has 25 heavy (non-hydrogen) atoms. The SMILES string of the molecule is Cc1cccc(N(c2ccc(O)cc2)S(=O)(=O)c2cccc(N)c2)c1. The number of phenolic OH excluding ortho intramolecular Hbond substituents is 1. The van der Waals surface area contributed by atoms with Crippen LogP contribution in [0.15, 0.2) is 77.7 Å². The first-order chi connectivity index (χ1) is 11.9. The Bertz CT molecular complexity index is 999. The standard InChI is InChI=1S/C19H18N2O3S/c1-14-4-2-6-17(12-14)21(16-8-10-18(22)11-9-16)25(23,24)19-7-3-5-15(20)13-19/h2-13,22H,20H2,1H3. The molecule has 0 unspecified atom stereocenters. The number of hydrogen-bond acceptors (Lipinski definition) is 4. The average Bonchev–Trinajstić information content (AvgIpc) is 2.57. The molecule has 3 aromatic rings. The van der Waals surface area contributed by atoms with Crippen molar-refractivity contribution >= 4 is 27.1 Å². The topological polar surface area (TPSA) is 83.6 Å². The second kappa shape index (κ2) is 6.49. The fourth-order valence-electron chi connectivity index (χ4n) is 2.55. The predicted molar refractivity (Wildman–Crippen MR) is 99.5 cm³/mol. The average molecular weight is 354 g/mol. The van der Waals surface area contributed by atoms with Crippen molar-refractivity contribution in [3.8, 4) is 5.75 Å². The van der Waals surface area contributed by atoms with Gasteiger partial charge in [0.25, 0.3) is 10.0 Å². The molecule has 0 aliphatic heterocycles. The zero-order valence-corrected chi connectivity index (χ0v) is 14.4. The number of nitrogen functional groups attached to an aromatic ring is 1. The van der Waals surface area contributed by atoms with Crippen molar-refractivity contribution in [2.75, 3.05) is 10.0 Å². The lowest BCUT2D eigenvalue weighted by Gasteiger charge is -2.25. The molecule has 0 radical (unpaired) electrons. The van der Waals surface area contributed by atoms with Crippen molar-refractivity contribution in [2.45, 2.75) is 11.8 Å². The number of aryl methyl sites for hydroxylation is 1. The second-order valence-electron chi connectivity index (χ2n) is 5.70. The molecular weight excluding hydrogens is 336 g/mol. The summed E-state index contributed by atoms with van der Waals surface area (Å²) in [4.78, 5) is 0.0991. The highest BCUT2D eigenvalue weighted by molar-refractivity contribution is 7.93. The fraction of sp³-hybridized carbons (Fsp3) is 0.0526. The summed E-state index contributed by atoms with van der Waals surface area (Å²) in [5.41, 5.74) is 8.00. The van der Waals surface area contributed by atoms with Crippen LogP contribution in [0.25, 0.3) is 0 Å². The van der Waals surface area contributed by atoms with Gasteiger partial charge in [0.2, 0.25) is 0 Å². The molecule has 0 aromatic heterocycles. The Morgan fingerprint density at radius 2 is 1.56 bits per heavy atom. The lowest BCUT2D eigenvalue weighted by molar-refractivity contribution is 0.475. The third-order valence-corrected chi connectivity index (χ3v) is 5.47. The maximum Gasteiger partial charge on any atom is 0.268 e. The number of anilines is 3. The van der Waals surface area contributed by atoms with Crippen molar-refractivity contribution in [1.29, 1.82) is 0 Å². The Morgan fingerprint density at radius 1 is 0.880 bits per heavy atom. The summed E-state index contributed by atoms with van der Waals surface area (Å²) in [6.07, 6.45) is 0. The summed E-state index contributed by atoms with van der Waals surface area (Å²) in [5, 5.41) is 9.52. The lowest BCUT2D eigenvalue weighted by Crippen LogP contribution is -2.26. The van der Waals surface area contributed by atoms with E-state index in [1.807, 2.05) is 13.0 Å². The van der Waals surface area contributed by atoms with Gasteiger partial charge in [-0.25, -0.2) is 12.7 Å². The van der Waals surface area contributed by atoms with Gasteiger partial charge < -0.3 is 10.8 Å². The summed E-state index contributed by atoms with van der Waals surface area (Å²) in [5.74, 6) is 0.0642. The molecule has 0 spiro atoms. The van der Waals surface area contributed by atoms with Gasteiger partial charge in [-0.05, 0) is 67.1 Å². The first-order valence-electron chi connectivity index (χ1n) is 7.64. The first-order valence-corrected chi connectivity index (χ1v) is 9.08. The smallest absolute Gasteiger partial charge is 0.268 e. The van der Waals surface area contributed by atoms with Crippen molar-refractivity contribution in [3.63, 3.8) is 0 Å². The van der Waals surface area contributed by atoms with Crippen LogP contribution < -0.4 is 10.0 Å². The van der Waals surface area contributed by atoms with Gasteiger partial charge in [-0.1, -0.05) is 18.2 Å². The van der Waals surface area contributed by atoms with Gasteiger partial charge in [0.05, 0.1) is 16.3 Å². The Kier molecular flexibility index (Phi) is 4.37. The van der Waals surface area contributed by atoms with Gasteiger partial charge in [0, 0.05) is 5.69 Å². The van der Waals surface area contributed by atoms with Gasteiger partial charge in [-0.3, -0.25) is 0 Å². The second-order valence-corrected chi connectivity index (χ2v) is 7.48. The van der Waals surface area contributed by atoms with Crippen LogP contribution in [0.5, 0.6) is 5.75 Å². The highest BCUT2D eigenvalue weighted by atomic mass is 32.2. The van der Waals surface area contributed by atoms with E-state index in [-0.39, 0.29) is 10.6 Å². The third kappa shape index (κ3) is 3.44. The number of benzene rings is 3. The highest BCUT2D eigenvalue weighted by Crippen LogP contribution is 2.34. The number of hydrogen-bond donors (Lipinski definition) is 2. The van der Waals surface area contributed by atoms with E-state index in [4.69, 9.17) is 5.73 Å². The van der Waals surface area contributed by atoms with Gasteiger partial charge in [0.1, 0.15) is 5.75 Å². The van der Waals surface area contributed by atoms with Crippen LogP contribution in [-0.2, 0) is 10.0 Å². The molecule has 128 valence electrons. The molecule has 0 saturated heterocycles. The van der Waals surface area contributed by atoms with E-state index in [1.165, 1.54) is 28.6 Å². The zero-order valence-electron chi connectivity index (χ0n) is 13.6. The molecule has 0 amide bonds. The molecule has 0 fully saturated rings. The summed E-state index contributed by atoms with van der Waals surface area (Å²) in [7, 11) is -3.89. The molecule has 3 N–H and O–H groups in total. The number of nitrogens with two attached hydrogens (primary N) is 1. The number of aromatic hydroxyl groups is 1. The number of sulfonamides is 1. The maximum atomic E-state index is 13.3. The Morgan fingerprint density at radius 3 is 2.20 bits per heavy atom. The van der Waals surface area contributed by atoms with E-state index in [2.05, 4.69) is 0 Å². The van der Waals surface area contributed by atoms with E-state index in [9.17, 15) is 13.5 Å². The van der Waals surface area contributed by atoms with Gasteiger partial charge in [0.15, 0.2) is 0 Å². The predicted octanol–water partition coefficient (Wildman–Crippen LogP) is 3.81. The number of nitrogens with zero attached hydrogens (tertiary/aromatic N) is 1. The van der Waals surface area contributed by atoms with Crippen LogP contribution in [0.2, 0.25) is 0 Å². The maximum absolute atomic E-state index is 13.3. The molecule has 3 rings (SSSR count). The number of phenols is 1. The van der Waals surface area contributed by atoms with Gasteiger partial charge in [-0.15, -0.1) is 0 Å². The van der Waals surface area contributed by atoms with E-state index in [0.717, 1.165) is 5.56 Å². The van der Waals surface area contributed by atoms with Crippen molar-refractivity contribution < 1.29 is 13.5 Å². The van der Waals surface area contributed by atoms with Crippen LogP contribution in [0.4, 0.5) is 17.1 Å². The minimum Gasteiger partial charge on any atom is -0.508 e. The Hall–Kier alpha value is -2.99. The van der Waals surface area contributed by atoms with Crippen LogP contribution in [0.1, 0.15) is 5.56 Å². The third-order valence-electron chi connectivity index (χ3n) is 3.72. The normalized spacial score (nSPS) is 11.2. The monoisotopic (exact) mass is 354 g/mol. The molecule has 0 atom stereocenters. The largest absolute Gasteiger partial charge is 0.508 e. The summed E-state index contributed by atoms with van der Waals surface area (Å²) in [6, 6.07) is 19.4. The summed E-state index contributed by atoms with van der Waals surface area (Å²) < 4.78 is 27.8. The minimum absolute atomic E-state index is 0.0642. The summed E-state index contributed by atoms with van der Waals surface area (Å²) in [6.45, 7) is 1.89. The van der Waals surface area contributed by atoms with Crippen molar-refractivity contribution in [1.82, 2.24) is 0 Å². The first kappa shape index (κ1) is 16.9. The molecule has 5 nitrogen and oxygen atoms in total. The van der Waals surface area contributed by atoms with Crippen molar-refractivity contribution in [3.05, 3.63) is 78.4 Å². The van der Waals surface area contributed by atoms with Crippen LogP contribution in [-0.4, -0.2) is 13.5 Å². The van der Waals surface area contributed by atoms with E-state index in [1.54, 1.807) is 42.5 Å². The molecular formula is C19H18N2O3S. The minimum atomic E-state index is -3.89. The number of rotatable bonds is 4. The van der Waals surface area contributed by atoms with E-state index < -0.39 is 10.0 Å². The van der Waals surface area contributed by atoms with Gasteiger partial charge in [-0.2, -0.15) is 0 Å². The molecule has 0 bridgehead atoms. The van der Waals surface area contributed by atoms with Crippen LogP contribution in [0, 0.1) is 6.92 Å². The molecule has 6 heteroatoms. The molecule has 0 saturated carbocycles. The molecule has 0 aliphatic rings. The Labute approximate surface area is 147 Å². The van der Waals surface area contributed by atoms with Gasteiger partial charge >= 0.3 is 0 Å². The molecule has 0 heterocycles. The van der Waals surface area contributed by atoms with Crippen LogP contribution in [0.3, 0.4) is 0 Å². The fourth-order valence-corrected chi connectivity index (χ4v) is 4.09. The Balaban J connectivity index is 2.22. The zero-order chi connectivity index (χ0) is 18.0. The van der Waals surface area contributed by atoms with E-state index in [0.29, 0.717) is 17.1 Å². The quantitative estimate of drug-likeness (QED) is 0.698. The van der Waals surface area contributed by atoms with Crippen molar-refractivity contribution in [2.24, 2.45) is 0 Å². The molecule has 3 aromatic carbocycles. The van der Waals surface area contributed by atoms with E-state index >= 15 is 0 Å². The molecule has 0 aliphatic carbocycles. The summed E-state index contributed by atoms with van der Waals surface area (Å²) >= 11 is 0. The van der Waals surface area contributed by atoms with Crippen LogP contribution >= 0.6 is 0 Å².